The zero-order valence-corrected chi connectivity index (χ0v) is 19.2. The van der Waals surface area contributed by atoms with Gasteiger partial charge in [0.1, 0.15) is 11.5 Å². The highest BCUT2D eigenvalue weighted by molar-refractivity contribution is 9.10. The lowest BCUT2D eigenvalue weighted by atomic mass is 10.2. The molecule has 0 aliphatic carbocycles. The molecule has 1 aliphatic heterocycles. The van der Waals surface area contributed by atoms with Crippen molar-refractivity contribution in [3.8, 4) is 22.9 Å². The maximum Gasteiger partial charge on any atom is 0.191 e. The Labute approximate surface area is 189 Å². The predicted octanol–water partition coefficient (Wildman–Crippen LogP) is 5.07. The molecule has 1 saturated heterocycles. The van der Waals surface area contributed by atoms with Gasteiger partial charge in [0.15, 0.2) is 11.0 Å². The van der Waals surface area contributed by atoms with E-state index in [1.807, 2.05) is 48.5 Å². The van der Waals surface area contributed by atoms with Crippen LogP contribution in [0.1, 0.15) is 12.8 Å². The van der Waals surface area contributed by atoms with Gasteiger partial charge in [-0.3, -0.25) is 4.57 Å². The van der Waals surface area contributed by atoms with E-state index in [2.05, 4.69) is 30.7 Å². The lowest BCUT2D eigenvalue weighted by Gasteiger charge is -2.15. The highest BCUT2D eigenvalue weighted by Crippen LogP contribution is 2.28. The number of aromatic nitrogens is 3. The van der Waals surface area contributed by atoms with Crippen molar-refractivity contribution in [3.63, 3.8) is 0 Å². The van der Waals surface area contributed by atoms with Crippen LogP contribution in [-0.2, 0) is 11.3 Å². The molecule has 0 radical (unpaired) electrons. The highest BCUT2D eigenvalue weighted by atomic mass is 79.9. The Morgan fingerprint density at radius 1 is 1.10 bits per heavy atom. The summed E-state index contributed by atoms with van der Waals surface area (Å²) < 4.78 is 20.2. The molecular formula is C22H24BrN3O3S. The zero-order valence-electron chi connectivity index (χ0n) is 16.8. The van der Waals surface area contributed by atoms with E-state index in [4.69, 9.17) is 14.2 Å². The van der Waals surface area contributed by atoms with Crippen molar-refractivity contribution in [1.29, 1.82) is 0 Å². The molecule has 0 spiro atoms. The summed E-state index contributed by atoms with van der Waals surface area (Å²) in [4.78, 5) is 0. The van der Waals surface area contributed by atoms with Crippen LogP contribution in [0.25, 0.3) is 11.4 Å². The molecule has 0 N–H and O–H groups in total. The van der Waals surface area contributed by atoms with Gasteiger partial charge < -0.3 is 14.2 Å². The van der Waals surface area contributed by atoms with Gasteiger partial charge in [-0.25, -0.2) is 0 Å². The molecule has 2 heterocycles. The first-order chi connectivity index (χ1) is 14.7. The molecule has 6 nitrogen and oxygen atoms in total. The number of ether oxygens (including phenoxy) is 3. The molecule has 1 unspecified atom stereocenters. The maximum absolute atomic E-state index is 5.87. The van der Waals surface area contributed by atoms with E-state index >= 15 is 0 Å². The van der Waals surface area contributed by atoms with Gasteiger partial charge in [-0.05, 0) is 61.4 Å². The Morgan fingerprint density at radius 2 is 1.87 bits per heavy atom. The van der Waals surface area contributed by atoms with Crippen LogP contribution in [0.4, 0.5) is 0 Å². The molecule has 0 saturated carbocycles. The Morgan fingerprint density at radius 3 is 2.57 bits per heavy atom. The van der Waals surface area contributed by atoms with Crippen LogP contribution >= 0.6 is 27.7 Å². The lowest BCUT2D eigenvalue weighted by molar-refractivity contribution is 0.0953. The van der Waals surface area contributed by atoms with Crippen molar-refractivity contribution in [1.82, 2.24) is 14.8 Å². The molecule has 4 rings (SSSR count). The largest absolute Gasteiger partial charge is 0.497 e. The summed E-state index contributed by atoms with van der Waals surface area (Å²) in [6, 6.07) is 15.8. The van der Waals surface area contributed by atoms with Crippen molar-refractivity contribution < 1.29 is 14.2 Å². The number of methoxy groups -OCH3 is 1. The normalized spacial score (nSPS) is 16.0. The fraction of sp³-hybridized carbons (Fsp3) is 0.364. The van der Waals surface area contributed by atoms with E-state index in [1.165, 1.54) is 0 Å². The minimum Gasteiger partial charge on any atom is -0.497 e. The summed E-state index contributed by atoms with van der Waals surface area (Å²) in [5.41, 5.74) is 1.01. The summed E-state index contributed by atoms with van der Waals surface area (Å²) in [6.07, 6.45) is 2.38. The number of halogens is 1. The standard InChI is InChI=1S/C22H24BrN3O3S/c1-27-18-8-4-16(5-9-18)21-24-25-22(26(21)15-20-3-2-12-28-20)30-14-13-29-19-10-6-17(23)7-11-19/h4-11,20H,2-3,12-15H2,1H3. The van der Waals surface area contributed by atoms with Gasteiger partial charge in [0, 0.05) is 22.4 Å². The predicted molar refractivity (Wildman–Crippen MR) is 121 cm³/mol. The van der Waals surface area contributed by atoms with Crippen molar-refractivity contribution in [2.75, 3.05) is 26.1 Å². The molecular weight excluding hydrogens is 466 g/mol. The van der Waals surface area contributed by atoms with Crippen molar-refractivity contribution >= 4 is 27.7 Å². The Balaban J connectivity index is 1.45. The molecule has 1 atom stereocenters. The fourth-order valence-corrected chi connectivity index (χ4v) is 4.36. The van der Waals surface area contributed by atoms with Gasteiger partial charge in [-0.1, -0.05) is 27.7 Å². The summed E-state index contributed by atoms with van der Waals surface area (Å²) in [5, 5.41) is 9.83. The Bertz CT molecular complexity index is 941. The average Bonchev–Trinajstić information content (AvgIpc) is 3.43. The molecule has 30 heavy (non-hydrogen) atoms. The quantitative estimate of drug-likeness (QED) is 0.309. The molecule has 0 amide bonds. The third kappa shape index (κ3) is 5.36. The number of thioether (sulfide) groups is 1. The van der Waals surface area contributed by atoms with E-state index in [0.717, 1.165) is 64.3 Å². The molecule has 1 aromatic heterocycles. The van der Waals surface area contributed by atoms with E-state index in [-0.39, 0.29) is 6.10 Å². The van der Waals surface area contributed by atoms with Gasteiger partial charge in [-0.2, -0.15) is 0 Å². The fourth-order valence-electron chi connectivity index (χ4n) is 3.33. The van der Waals surface area contributed by atoms with Gasteiger partial charge in [0.2, 0.25) is 0 Å². The minimum absolute atomic E-state index is 0.205. The number of rotatable bonds is 9. The molecule has 8 heteroatoms. The number of nitrogens with zero attached hydrogens (tertiary/aromatic N) is 3. The molecule has 0 bridgehead atoms. The van der Waals surface area contributed by atoms with E-state index in [1.54, 1.807) is 18.9 Å². The maximum atomic E-state index is 5.87. The minimum atomic E-state index is 0.205. The van der Waals surface area contributed by atoms with Gasteiger partial charge >= 0.3 is 0 Å². The Kier molecular flexibility index (Phi) is 7.30. The summed E-state index contributed by atoms with van der Waals surface area (Å²) in [5.74, 6) is 3.31. The first-order valence-corrected chi connectivity index (χ1v) is 11.7. The smallest absolute Gasteiger partial charge is 0.191 e. The second-order valence-electron chi connectivity index (χ2n) is 6.93. The van der Waals surface area contributed by atoms with Crippen LogP contribution in [0, 0.1) is 0 Å². The topological polar surface area (TPSA) is 58.4 Å². The zero-order chi connectivity index (χ0) is 20.8. The van der Waals surface area contributed by atoms with Crippen LogP contribution < -0.4 is 9.47 Å². The van der Waals surface area contributed by atoms with Crippen LogP contribution in [0.3, 0.4) is 0 Å². The third-order valence-electron chi connectivity index (χ3n) is 4.87. The van der Waals surface area contributed by atoms with Gasteiger partial charge in [0.05, 0.1) is 26.4 Å². The van der Waals surface area contributed by atoms with Crippen molar-refractivity contribution in [2.45, 2.75) is 30.6 Å². The molecule has 158 valence electrons. The second-order valence-corrected chi connectivity index (χ2v) is 8.91. The van der Waals surface area contributed by atoms with E-state index < -0.39 is 0 Å². The van der Waals surface area contributed by atoms with Crippen LogP contribution in [-0.4, -0.2) is 46.9 Å². The monoisotopic (exact) mass is 489 g/mol. The number of hydrogen-bond acceptors (Lipinski definition) is 6. The van der Waals surface area contributed by atoms with Gasteiger partial charge in [0.25, 0.3) is 0 Å². The molecule has 1 fully saturated rings. The van der Waals surface area contributed by atoms with Crippen LogP contribution in [0.2, 0.25) is 0 Å². The van der Waals surface area contributed by atoms with E-state index in [9.17, 15) is 0 Å². The van der Waals surface area contributed by atoms with Crippen LogP contribution in [0.15, 0.2) is 58.2 Å². The van der Waals surface area contributed by atoms with E-state index in [0.29, 0.717) is 6.61 Å². The summed E-state index contributed by atoms with van der Waals surface area (Å²) in [6.45, 7) is 2.18. The first-order valence-electron chi connectivity index (χ1n) is 9.93. The average molecular weight is 490 g/mol. The van der Waals surface area contributed by atoms with Crippen LogP contribution in [0.5, 0.6) is 11.5 Å². The molecule has 3 aromatic rings. The number of benzene rings is 2. The highest BCUT2D eigenvalue weighted by Gasteiger charge is 2.21. The second kappa shape index (κ2) is 10.3. The molecule has 2 aromatic carbocycles. The van der Waals surface area contributed by atoms with Gasteiger partial charge in [-0.15, -0.1) is 10.2 Å². The lowest BCUT2D eigenvalue weighted by Crippen LogP contribution is -2.17. The SMILES string of the molecule is COc1ccc(-c2nnc(SCCOc3ccc(Br)cc3)n2CC2CCCO2)cc1. The first kappa shape index (κ1) is 21.2. The summed E-state index contributed by atoms with van der Waals surface area (Å²) in [7, 11) is 1.67. The van der Waals surface area contributed by atoms with Crippen molar-refractivity contribution in [2.24, 2.45) is 0 Å². The summed E-state index contributed by atoms with van der Waals surface area (Å²) >= 11 is 5.09. The molecule has 1 aliphatic rings. The van der Waals surface area contributed by atoms with Crippen molar-refractivity contribution in [3.05, 3.63) is 53.0 Å². The Hall–Kier alpha value is -2.03. The number of hydrogen-bond donors (Lipinski definition) is 0. The third-order valence-corrected chi connectivity index (χ3v) is 6.33.